The fourth-order valence-corrected chi connectivity index (χ4v) is 2.15. The van der Waals surface area contributed by atoms with Gasteiger partial charge in [0.05, 0.1) is 12.6 Å². The van der Waals surface area contributed by atoms with Gasteiger partial charge in [0.2, 0.25) is 0 Å². The molecule has 0 saturated heterocycles. The highest BCUT2D eigenvalue weighted by Gasteiger charge is 2.01. The van der Waals surface area contributed by atoms with Gasteiger partial charge in [-0.3, -0.25) is 4.79 Å². The minimum absolute atomic E-state index is 0.239. The molecule has 0 bridgehead atoms. The minimum atomic E-state index is -0.239. The molecule has 20 heavy (non-hydrogen) atoms. The van der Waals surface area contributed by atoms with Crippen LogP contribution in [0.2, 0.25) is 0 Å². The number of hydrogen-bond acceptors (Lipinski definition) is 3. The van der Waals surface area contributed by atoms with E-state index in [0.29, 0.717) is 5.52 Å². The maximum absolute atomic E-state index is 11.9. The Morgan fingerprint density at radius 1 is 0.900 bits per heavy atom. The molecule has 1 aromatic heterocycles. The second kappa shape index (κ2) is 5.13. The Morgan fingerprint density at radius 2 is 1.65 bits per heavy atom. The van der Waals surface area contributed by atoms with Crippen molar-refractivity contribution in [2.75, 3.05) is 7.11 Å². The fraction of sp³-hybridized carbons (Fsp3) is 0.0588. The van der Waals surface area contributed by atoms with Gasteiger partial charge in [-0.25, -0.2) is 4.98 Å². The molecular weight excluding hydrogens is 250 g/mol. The maximum Gasteiger partial charge on any atom is 0.270 e. The number of fused-ring (bicyclic) bond motifs is 1. The van der Waals surface area contributed by atoms with Gasteiger partial charge in [-0.2, -0.15) is 0 Å². The number of benzene rings is 2. The average Bonchev–Trinajstić information content (AvgIpc) is 2.65. The van der Waals surface area contributed by atoms with Crippen LogP contribution in [0.1, 0.15) is 0 Å². The summed E-state index contributed by atoms with van der Waals surface area (Å²) in [5.74, 6) is 0.791. The van der Waals surface area contributed by atoms with E-state index in [1.165, 1.54) is 0 Å². The molecule has 0 spiro atoms. The predicted octanol–water partition coefficient (Wildman–Crippen LogP) is 3.27. The molecule has 0 N–H and O–H groups in total. The number of nitrogens with zero attached hydrogens (tertiary/aromatic N) is 1. The van der Waals surface area contributed by atoms with E-state index in [1.807, 2.05) is 54.6 Å². The molecule has 98 valence electrons. The van der Waals surface area contributed by atoms with E-state index >= 15 is 0 Å². The van der Waals surface area contributed by atoms with Gasteiger partial charge in [-0.1, -0.05) is 30.3 Å². The highest BCUT2D eigenvalue weighted by atomic mass is 16.5. The zero-order valence-electron chi connectivity index (χ0n) is 11.0. The quantitative estimate of drug-likeness (QED) is 0.712. The van der Waals surface area contributed by atoms with Gasteiger partial charge in [-0.05, 0) is 35.4 Å². The zero-order valence-corrected chi connectivity index (χ0v) is 11.0. The summed E-state index contributed by atoms with van der Waals surface area (Å²) in [5, 5.41) is 0.945. The van der Waals surface area contributed by atoms with E-state index in [1.54, 1.807) is 13.2 Å². The number of para-hydroxylation sites is 1. The van der Waals surface area contributed by atoms with Crippen molar-refractivity contribution >= 4 is 10.9 Å². The first-order chi connectivity index (χ1) is 9.76. The highest BCUT2D eigenvalue weighted by Crippen LogP contribution is 2.23. The summed E-state index contributed by atoms with van der Waals surface area (Å²) in [7, 11) is 1.63. The monoisotopic (exact) mass is 263 g/mol. The lowest BCUT2D eigenvalue weighted by Crippen LogP contribution is -1.99. The van der Waals surface area contributed by atoms with Gasteiger partial charge in [0, 0.05) is 11.5 Å². The Morgan fingerprint density at radius 3 is 2.40 bits per heavy atom. The number of aromatic nitrogens is 1. The van der Waals surface area contributed by atoms with Gasteiger partial charge in [-0.15, -0.1) is 0 Å². The summed E-state index contributed by atoms with van der Waals surface area (Å²) in [4.78, 5) is 15.9. The van der Waals surface area contributed by atoms with Crippen LogP contribution >= 0.6 is 0 Å². The molecule has 0 saturated carbocycles. The smallest absolute Gasteiger partial charge is 0.270 e. The number of ether oxygens (including phenoxy) is 1. The van der Waals surface area contributed by atoms with Crippen LogP contribution in [-0.4, -0.2) is 12.1 Å². The van der Waals surface area contributed by atoms with E-state index < -0.39 is 0 Å². The summed E-state index contributed by atoms with van der Waals surface area (Å²) >= 11 is 0. The molecular formula is C17H13NO2. The molecule has 0 fully saturated rings. The van der Waals surface area contributed by atoms with Crippen LogP contribution in [0, 0.1) is 0 Å². The van der Waals surface area contributed by atoms with Crippen molar-refractivity contribution in [3.8, 4) is 16.9 Å². The molecule has 3 rings (SSSR count). The van der Waals surface area contributed by atoms with Crippen LogP contribution in [-0.2, 0) is 0 Å². The molecule has 3 nitrogen and oxygen atoms in total. The standard InChI is InChI=1S/C17H13NO2/c1-20-15-8-6-12(7-9-15)14-10-13-4-2-3-5-16(13)18-17(19)11-14/h2-11H,1H3. The first-order valence-electron chi connectivity index (χ1n) is 6.32. The highest BCUT2D eigenvalue weighted by molar-refractivity contribution is 5.82. The van der Waals surface area contributed by atoms with Crippen molar-refractivity contribution in [1.29, 1.82) is 0 Å². The van der Waals surface area contributed by atoms with Crippen LogP contribution in [0.4, 0.5) is 0 Å². The van der Waals surface area contributed by atoms with Gasteiger partial charge in [0.15, 0.2) is 0 Å². The van der Waals surface area contributed by atoms with Crippen molar-refractivity contribution < 1.29 is 4.74 Å². The molecule has 0 aliphatic carbocycles. The molecule has 3 heteroatoms. The third-order valence-corrected chi connectivity index (χ3v) is 3.18. The van der Waals surface area contributed by atoms with E-state index in [4.69, 9.17) is 4.74 Å². The average molecular weight is 263 g/mol. The summed E-state index contributed by atoms with van der Waals surface area (Å²) in [5.41, 5.74) is 2.28. The maximum atomic E-state index is 11.9. The molecule has 2 aromatic carbocycles. The number of hydrogen-bond donors (Lipinski definition) is 0. The Bertz CT molecular complexity index is 810. The van der Waals surface area contributed by atoms with Crippen LogP contribution < -0.4 is 10.3 Å². The zero-order chi connectivity index (χ0) is 13.9. The first-order valence-corrected chi connectivity index (χ1v) is 6.32. The van der Waals surface area contributed by atoms with Crippen LogP contribution in [0.3, 0.4) is 0 Å². The molecule has 0 aliphatic rings. The minimum Gasteiger partial charge on any atom is -0.497 e. The lowest BCUT2D eigenvalue weighted by Gasteiger charge is -2.02. The third kappa shape index (κ3) is 2.38. The van der Waals surface area contributed by atoms with Crippen molar-refractivity contribution in [3.05, 3.63) is 71.0 Å². The molecule has 1 heterocycles. The van der Waals surface area contributed by atoms with E-state index in [2.05, 4.69) is 4.98 Å². The van der Waals surface area contributed by atoms with Crippen LogP contribution in [0.15, 0.2) is 65.5 Å². The molecule has 3 aromatic rings. The Hall–Kier alpha value is -2.68. The van der Waals surface area contributed by atoms with Crippen molar-refractivity contribution in [2.24, 2.45) is 0 Å². The first kappa shape index (κ1) is 12.4. The molecule has 0 amide bonds. The topological polar surface area (TPSA) is 39.2 Å². The predicted molar refractivity (Wildman–Crippen MR) is 80.0 cm³/mol. The molecule has 0 unspecified atom stereocenters. The second-order valence-electron chi connectivity index (χ2n) is 4.48. The Labute approximate surface area is 116 Å². The van der Waals surface area contributed by atoms with Crippen molar-refractivity contribution in [2.45, 2.75) is 0 Å². The van der Waals surface area contributed by atoms with Crippen LogP contribution in [0.5, 0.6) is 5.75 Å². The van der Waals surface area contributed by atoms with Gasteiger partial charge in [0.1, 0.15) is 5.75 Å². The third-order valence-electron chi connectivity index (χ3n) is 3.18. The molecule has 0 atom stereocenters. The normalized spacial score (nSPS) is 10.4. The second-order valence-corrected chi connectivity index (χ2v) is 4.48. The summed E-state index contributed by atoms with van der Waals surface area (Å²) < 4.78 is 5.14. The van der Waals surface area contributed by atoms with Gasteiger partial charge in [0.25, 0.3) is 5.56 Å². The lowest BCUT2D eigenvalue weighted by molar-refractivity contribution is 0.415. The van der Waals surface area contributed by atoms with E-state index in [9.17, 15) is 4.79 Å². The van der Waals surface area contributed by atoms with E-state index in [0.717, 1.165) is 22.3 Å². The van der Waals surface area contributed by atoms with Crippen molar-refractivity contribution in [1.82, 2.24) is 4.98 Å². The number of methoxy groups -OCH3 is 1. The van der Waals surface area contributed by atoms with Crippen molar-refractivity contribution in [3.63, 3.8) is 0 Å². The Kier molecular flexibility index (Phi) is 3.17. The van der Waals surface area contributed by atoms with E-state index in [-0.39, 0.29) is 5.56 Å². The molecule has 0 radical (unpaired) electrons. The lowest BCUT2D eigenvalue weighted by atomic mass is 10.1. The SMILES string of the molecule is COc1ccc(-c2cc(=O)nc3ccccc3c2)cc1. The fourth-order valence-electron chi connectivity index (χ4n) is 2.15. The summed E-state index contributed by atoms with van der Waals surface area (Å²) in [6.45, 7) is 0. The Balaban J connectivity index is 2.22. The van der Waals surface area contributed by atoms with Gasteiger partial charge < -0.3 is 4.74 Å². The summed E-state index contributed by atoms with van der Waals surface area (Å²) in [6, 6.07) is 18.8. The van der Waals surface area contributed by atoms with Crippen LogP contribution in [0.25, 0.3) is 22.0 Å². The summed E-state index contributed by atoms with van der Waals surface area (Å²) in [6.07, 6.45) is 0. The molecule has 0 aliphatic heterocycles. The van der Waals surface area contributed by atoms with Gasteiger partial charge >= 0.3 is 0 Å². The largest absolute Gasteiger partial charge is 0.497 e. The number of rotatable bonds is 2.